The topological polar surface area (TPSA) is 122 Å². The number of ether oxygens (including phenoxy) is 1. The average molecular weight is 448 g/mol. The minimum Gasteiger partial charge on any atom is -0.436 e. The standard InChI is InChI=1S/C24H37N3O5/c1-27(15-14-18-8-4-2-5-9-18)22(29)13-12-20(17-28)26-23(30)21(32-24(25)31)16-19-10-6-3-7-11-19/h2,4-5,8-9,19-21,28H,3,6-7,10-17H2,1H3,(H2,25,31)(H,26,30)/t20-,21-/m0/s1. The lowest BCUT2D eigenvalue weighted by atomic mass is 9.85. The molecule has 8 nitrogen and oxygen atoms in total. The molecule has 0 aliphatic heterocycles. The van der Waals surface area contributed by atoms with Gasteiger partial charge in [-0.1, -0.05) is 62.4 Å². The lowest BCUT2D eigenvalue weighted by Crippen LogP contribution is -2.46. The van der Waals surface area contributed by atoms with E-state index >= 15 is 0 Å². The van der Waals surface area contributed by atoms with Crippen LogP contribution in [-0.4, -0.2) is 60.3 Å². The van der Waals surface area contributed by atoms with Gasteiger partial charge in [-0.05, 0) is 30.7 Å². The molecule has 1 fully saturated rings. The van der Waals surface area contributed by atoms with Crippen molar-refractivity contribution in [1.82, 2.24) is 10.2 Å². The van der Waals surface area contributed by atoms with Crippen LogP contribution in [0.1, 0.15) is 56.9 Å². The third-order valence-electron chi connectivity index (χ3n) is 6.10. The van der Waals surface area contributed by atoms with E-state index in [0.29, 0.717) is 25.3 Å². The second kappa shape index (κ2) is 13.7. The number of hydrogen-bond acceptors (Lipinski definition) is 5. The van der Waals surface area contributed by atoms with E-state index in [4.69, 9.17) is 10.5 Å². The molecule has 1 aliphatic carbocycles. The Morgan fingerprint density at radius 2 is 1.88 bits per heavy atom. The van der Waals surface area contributed by atoms with Crippen LogP contribution in [0.3, 0.4) is 0 Å². The fraction of sp³-hybridized carbons (Fsp3) is 0.625. The number of likely N-dealkylation sites (N-methyl/N-ethyl adjacent to an activating group) is 1. The molecule has 0 unspecified atom stereocenters. The van der Waals surface area contributed by atoms with Gasteiger partial charge in [-0.2, -0.15) is 0 Å². The summed E-state index contributed by atoms with van der Waals surface area (Å²) in [7, 11) is 1.75. The lowest BCUT2D eigenvalue weighted by Gasteiger charge is -2.27. The zero-order valence-corrected chi connectivity index (χ0v) is 19.0. The first kappa shape index (κ1) is 25.6. The number of primary amides is 1. The van der Waals surface area contributed by atoms with Crippen molar-refractivity contribution in [3.05, 3.63) is 35.9 Å². The third kappa shape index (κ3) is 9.26. The molecule has 0 radical (unpaired) electrons. The third-order valence-corrected chi connectivity index (χ3v) is 6.10. The Morgan fingerprint density at radius 3 is 2.50 bits per heavy atom. The van der Waals surface area contributed by atoms with Crippen LogP contribution in [0, 0.1) is 5.92 Å². The summed E-state index contributed by atoms with van der Waals surface area (Å²) >= 11 is 0. The number of nitrogens with one attached hydrogen (secondary N) is 1. The summed E-state index contributed by atoms with van der Waals surface area (Å²) in [6.07, 6.45) is 5.10. The smallest absolute Gasteiger partial charge is 0.405 e. The second-order valence-electron chi connectivity index (χ2n) is 8.64. The van der Waals surface area contributed by atoms with Crippen LogP contribution in [0.5, 0.6) is 0 Å². The molecule has 0 saturated heterocycles. The Bertz CT molecular complexity index is 722. The number of carbonyl (C=O) groups excluding carboxylic acids is 3. The molecule has 32 heavy (non-hydrogen) atoms. The Morgan fingerprint density at radius 1 is 1.19 bits per heavy atom. The predicted octanol–water partition coefficient (Wildman–Crippen LogP) is 2.38. The highest BCUT2D eigenvalue weighted by atomic mass is 16.6. The van der Waals surface area contributed by atoms with Crippen LogP contribution in [0.25, 0.3) is 0 Å². The van der Waals surface area contributed by atoms with Crippen LogP contribution in [0.2, 0.25) is 0 Å². The van der Waals surface area contributed by atoms with Crippen molar-refractivity contribution < 1.29 is 24.2 Å². The van der Waals surface area contributed by atoms with Crippen molar-refractivity contribution in [1.29, 1.82) is 0 Å². The molecule has 3 amide bonds. The minimum atomic E-state index is -0.989. The molecule has 0 aromatic heterocycles. The van der Waals surface area contributed by atoms with Crippen molar-refractivity contribution in [2.45, 2.75) is 69.9 Å². The number of aliphatic hydroxyl groups is 1. The van der Waals surface area contributed by atoms with Gasteiger partial charge in [-0.3, -0.25) is 9.59 Å². The van der Waals surface area contributed by atoms with E-state index in [1.54, 1.807) is 11.9 Å². The summed E-state index contributed by atoms with van der Waals surface area (Å²) in [5.41, 5.74) is 6.32. The maximum atomic E-state index is 12.7. The van der Waals surface area contributed by atoms with E-state index in [0.717, 1.165) is 37.7 Å². The first-order chi connectivity index (χ1) is 15.4. The number of nitrogens with zero attached hydrogens (tertiary/aromatic N) is 1. The van der Waals surface area contributed by atoms with Crippen molar-refractivity contribution >= 4 is 17.9 Å². The molecular formula is C24H37N3O5. The van der Waals surface area contributed by atoms with E-state index in [-0.39, 0.29) is 18.9 Å². The van der Waals surface area contributed by atoms with Crippen LogP contribution in [0.15, 0.2) is 30.3 Å². The van der Waals surface area contributed by atoms with Gasteiger partial charge in [0.15, 0.2) is 6.10 Å². The zero-order chi connectivity index (χ0) is 23.3. The molecule has 1 aromatic carbocycles. The molecule has 4 N–H and O–H groups in total. The molecule has 2 atom stereocenters. The van der Waals surface area contributed by atoms with E-state index < -0.39 is 24.1 Å². The molecule has 0 bridgehead atoms. The normalized spacial score (nSPS) is 16.1. The number of rotatable bonds is 12. The molecule has 0 heterocycles. The number of nitrogens with two attached hydrogens (primary N) is 1. The van der Waals surface area contributed by atoms with Crippen LogP contribution >= 0.6 is 0 Å². The summed E-state index contributed by atoms with van der Waals surface area (Å²) < 4.78 is 5.07. The summed E-state index contributed by atoms with van der Waals surface area (Å²) in [6, 6.07) is 9.33. The van der Waals surface area contributed by atoms with Gasteiger partial charge in [0.25, 0.3) is 5.91 Å². The van der Waals surface area contributed by atoms with Gasteiger partial charge in [0.1, 0.15) is 0 Å². The SMILES string of the molecule is CN(CCc1ccccc1)C(=O)CC[C@@H](CO)NC(=O)[C@H](CC1CCCCC1)OC(N)=O. The van der Waals surface area contributed by atoms with Crippen LogP contribution in [-0.2, 0) is 20.7 Å². The average Bonchev–Trinajstić information content (AvgIpc) is 2.80. The fourth-order valence-electron chi connectivity index (χ4n) is 4.13. The highest BCUT2D eigenvalue weighted by molar-refractivity contribution is 5.83. The van der Waals surface area contributed by atoms with E-state index in [9.17, 15) is 19.5 Å². The number of carbonyl (C=O) groups is 3. The molecule has 1 aromatic rings. The first-order valence-corrected chi connectivity index (χ1v) is 11.5. The molecule has 0 spiro atoms. The van der Waals surface area contributed by atoms with E-state index in [2.05, 4.69) is 5.32 Å². The fourth-order valence-corrected chi connectivity index (χ4v) is 4.13. The largest absolute Gasteiger partial charge is 0.436 e. The summed E-state index contributed by atoms with van der Waals surface area (Å²) in [6.45, 7) is 0.286. The summed E-state index contributed by atoms with van der Waals surface area (Å²) in [5.74, 6) is -0.217. The number of amides is 3. The lowest BCUT2D eigenvalue weighted by molar-refractivity contribution is -0.133. The van der Waals surface area contributed by atoms with Gasteiger partial charge in [0.2, 0.25) is 5.91 Å². The molecular weight excluding hydrogens is 410 g/mol. The Balaban J connectivity index is 1.80. The number of benzene rings is 1. The van der Waals surface area contributed by atoms with Gasteiger partial charge in [-0.15, -0.1) is 0 Å². The maximum Gasteiger partial charge on any atom is 0.405 e. The highest BCUT2D eigenvalue weighted by Crippen LogP contribution is 2.28. The minimum absolute atomic E-state index is 0.0548. The van der Waals surface area contributed by atoms with Gasteiger partial charge < -0.3 is 25.8 Å². The predicted molar refractivity (Wildman–Crippen MR) is 122 cm³/mol. The number of aliphatic hydroxyl groups excluding tert-OH is 1. The summed E-state index contributed by atoms with van der Waals surface area (Å²) in [5, 5.41) is 12.4. The first-order valence-electron chi connectivity index (χ1n) is 11.5. The van der Waals surface area contributed by atoms with Gasteiger partial charge in [0, 0.05) is 20.0 Å². The van der Waals surface area contributed by atoms with Crippen LogP contribution < -0.4 is 11.1 Å². The zero-order valence-electron chi connectivity index (χ0n) is 19.0. The number of hydrogen-bond donors (Lipinski definition) is 3. The van der Waals surface area contributed by atoms with Gasteiger partial charge >= 0.3 is 6.09 Å². The Hall–Kier alpha value is -2.61. The Kier molecular flexibility index (Phi) is 11.0. The highest BCUT2D eigenvalue weighted by Gasteiger charge is 2.28. The van der Waals surface area contributed by atoms with E-state index in [1.807, 2.05) is 30.3 Å². The summed E-state index contributed by atoms with van der Waals surface area (Å²) in [4.78, 5) is 38.1. The molecule has 1 aliphatic rings. The van der Waals surface area contributed by atoms with Gasteiger partial charge in [0.05, 0.1) is 12.6 Å². The van der Waals surface area contributed by atoms with Gasteiger partial charge in [-0.25, -0.2) is 4.79 Å². The molecule has 1 saturated carbocycles. The second-order valence-corrected chi connectivity index (χ2v) is 8.64. The van der Waals surface area contributed by atoms with Crippen molar-refractivity contribution in [2.75, 3.05) is 20.2 Å². The monoisotopic (exact) mass is 447 g/mol. The van der Waals surface area contributed by atoms with Crippen molar-refractivity contribution in [3.8, 4) is 0 Å². The van der Waals surface area contributed by atoms with Crippen molar-refractivity contribution in [3.63, 3.8) is 0 Å². The Labute approximate surface area is 190 Å². The van der Waals surface area contributed by atoms with E-state index in [1.165, 1.54) is 6.42 Å². The molecule has 8 heteroatoms. The van der Waals surface area contributed by atoms with Crippen LogP contribution in [0.4, 0.5) is 4.79 Å². The maximum absolute atomic E-state index is 12.7. The molecule has 2 rings (SSSR count). The quantitative estimate of drug-likeness (QED) is 0.454. The van der Waals surface area contributed by atoms with Crippen molar-refractivity contribution in [2.24, 2.45) is 11.7 Å². The molecule has 178 valence electrons.